The predicted octanol–water partition coefficient (Wildman–Crippen LogP) is 5.51. The molecule has 1 amide bonds. The largest absolute Gasteiger partial charge is 0.497 e. The Morgan fingerprint density at radius 2 is 1.56 bits per heavy atom. The van der Waals surface area contributed by atoms with Gasteiger partial charge < -0.3 is 14.6 Å². The smallest absolute Gasteiger partial charge is 0.264 e. The zero-order chi connectivity index (χ0) is 28.8. The van der Waals surface area contributed by atoms with Gasteiger partial charge in [-0.3, -0.25) is 9.10 Å². The number of nitrogens with zero attached hydrogens (tertiary/aromatic N) is 3. The molecule has 41 heavy (non-hydrogen) atoms. The van der Waals surface area contributed by atoms with Gasteiger partial charge in [-0.25, -0.2) is 13.4 Å². The molecule has 1 heterocycles. The monoisotopic (exact) mass is 566 g/mol. The SMILES string of the molecule is COc1ccc(S(=O)(=O)N(Cc2ccccc2)c2ccccc2C(=O)NCc2ccc(-n3ccnc3C)cc2)cc1. The lowest BCUT2D eigenvalue weighted by molar-refractivity contribution is 0.0951. The highest BCUT2D eigenvalue weighted by atomic mass is 32.2. The molecule has 8 nitrogen and oxygen atoms in total. The minimum absolute atomic E-state index is 0.0502. The molecule has 0 aliphatic rings. The summed E-state index contributed by atoms with van der Waals surface area (Å²) in [6.45, 7) is 2.26. The van der Waals surface area contributed by atoms with Crippen molar-refractivity contribution in [2.75, 3.05) is 11.4 Å². The van der Waals surface area contributed by atoms with E-state index in [0.29, 0.717) is 5.75 Å². The summed E-state index contributed by atoms with van der Waals surface area (Å²) in [5, 5.41) is 2.95. The van der Waals surface area contributed by atoms with Crippen molar-refractivity contribution >= 4 is 21.6 Å². The Kier molecular flexibility index (Phi) is 8.16. The van der Waals surface area contributed by atoms with Crippen LogP contribution in [0.1, 0.15) is 27.3 Å². The van der Waals surface area contributed by atoms with Crippen LogP contribution < -0.4 is 14.4 Å². The third-order valence-electron chi connectivity index (χ3n) is 6.73. The molecular formula is C32H30N4O4S. The Morgan fingerprint density at radius 3 is 2.22 bits per heavy atom. The molecule has 0 saturated heterocycles. The molecule has 0 radical (unpaired) electrons. The van der Waals surface area contributed by atoms with E-state index in [4.69, 9.17) is 4.74 Å². The van der Waals surface area contributed by atoms with Crippen LogP contribution >= 0.6 is 0 Å². The molecule has 5 rings (SSSR count). The van der Waals surface area contributed by atoms with E-state index in [9.17, 15) is 13.2 Å². The quantitative estimate of drug-likeness (QED) is 0.241. The van der Waals surface area contributed by atoms with Crippen LogP contribution in [0.2, 0.25) is 0 Å². The summed E-state index contributed by atoms with van der Waals surface area (Å²) >= 11 is 0. The number of aromatic nitrogens is 2. The Bertz CT molecular complexity index is 1730. The van der Waals surface area contributed by atoms with Gasteiger partial charge in [-0.05, 0) is 66.6 Å². The Morgan fingerprint density at radius 1 is 0.878 bits per heavy atom. The minimum atomic E-state index is -4.04. The van der Waals surface area contributed by atoms with Crippen LogP contribution in [0, 0.1) is 6.92 Å². The number of para-hydroxylation sites is 1. The van der Waals surface area contributed by atoms with Gasteiger partial charge in [0.15, 0.2) is 0 Å². The third kappa shape index (κ3) is 6.15. The Balaban J connectivity index is 1.43. The second kappa shape index (κ2) is 12.1. The fourth-order valence-corrected chi connectivity index (χ4v) is 5.98. The summed E-state index contributed by atoms with van der Waals surface area (Å²) in [7, 11) is -2.52. The number of anilines is 1. The van der Waals surface area contributed by atoms with E-state index in [1.54, 1.807) is 42.6 Å². The number of sulfonamides is 1. The van der Waals surface area contributed by atoms with Gasteiger partial charge in [-0.2, -0.15) is 0 Å². The molecule has 0 aliphatic heterocycles. The Hall–Kier alpha value is -4.89. The molecule has 208 valence electrons. The van der Waals surface area contributed by atoms with E-state index in [0.717, 1.165) is 22.6 Å². The number of nitrogens with one attached hydrogen (secondary N) is 1. The van der Waals surface area contributed by atoms with E-state index in [1.807, 2.05) is 72.3 Å². The Labute approximate surface area is 239 Å². The molecule has 0 fully saturated rings. The molecular weight excluding hydrogens is 536 g/mol. The van der Waals surface area contributed by atoms with Crippen molar-refractivity contribution in [2.45, 2.75) is 24.9 Å². The van der Waals surface area contributed by atoms with Crippen molar-refractivity contribution < 1.29 is 17.9 Å². The molecule has 9 heteroatoms. The minimum Gasteiger partial charge on any atom is -0.497 e. The fourth-order valence-electron chi connectivity index (χ4n) is 4.51. The van der Waals surface area contributed by atoms with Gasteiger partial charge in [0.05, 0.1) is 29.8 Å². The van der Waals surface area contributed by atoms with E-state index in [1.165, 1.54) is 23.5 Å². The molecule has 0 spiro atoms. The highest BCUT2D eigenvalue weighted by Gasteiger charge is 2.28. The number of carbonyl (C=O) groups is 1. The highest BCUT2D eigenvalue weighted by molar-refractivity contribution is 7.92. The lowest BCUT2D eigenvalue weighted by atomic mass is 10.1. The first-order valence-electron chi connectivity index (χ1n) is 13.0. The van der Waals surface area contributed by atoms with Gasteiger partial charge in [0.1, 0.15) is 11.6 Å². The van der Waals surface area contributed by atoms with Crippen molar-refractivity contribution in [1.82, 2.24) is 14.9 Å². The number of hydrogen-bond donors (Lipinski definition) is 1. The van der Waals surface area contributed by atoms with Crippen molar-refractivity contribution in [3.63, 3.8) is 0 Å². The summed E-state index contributed by atoms with van der Waals surface area (Å²) in [5.41, 5.74) is 3.21. The number of aryl methyl sites for hydroxylation is 1. The number of hydrogen-bond acceptors (Lipinski definition) is 5. The van der Waals surface area contributed by atoms with Crippen LogP contribution in [0.25, 0.3) is 5.69 Å². The lowest BCUT2D eigenvalue weighted by Gasteiger charge is -2.26. The lowest BCUT2D eigenvalue weighted by Crippen LogP contribution is -2.33. The van der Waals surface area contributed by atoms with Gasteiger partial charge in [0, 0.05) is 24.6 Å². The summed E-state index contributed by atoms with van der Waals surface area (Å²) < 4.78 is 36.4. The second-order valence-corrected chi connectivity index (χ2v) is 11.2. The first-order chi connectivity index (χ1) is 19.9. The van der Waals surface area contributed by atoms with Crippen LogP contribution in [-0.2, 0) is 23.1 Å². The number of imidazole rings is 1. The molecule has 4 aromatic carbocycles. The van der Waals surface area contributed by atoms with Crippen molar-refractivity contribution in [3.05, 3.63) is 138 Å². The zero-order valence-corrected chi connectivity index (χ0v) is 23.6. The molecule has 0 atom stereocenters. The standard InChI is InChI=1S/C32H30N4O4S/c1-24-33-20-21-35(24)27-14-12-25(13-15-27)22-34-32(37)30-10-6-7-11-31(30)36(23-26-8-4-3-5-9-26)41(38,39)29-18-16-28(40-2)17-19-29/h3-21H,22-23H2,1-2H3,(H,34,37). The molecule has 0 bridgehead atoms. The van der Waals surface area contributed by atoms with Crippen LogP contribution in [0.3, 0.4) is 0 Å². The molecule has 5 aromatic rings. The summed E-state index contributed by atoms with van der Waals surface area (Å²) in [5.74, 6) is 1.05. The first kappa shape index (κ1) is 27.7. The number of amides is 1. The number of benzene rings is 4. The van der Waals surface area contributed by atoms with Crippen LogP contribution in [-0.4, -0.2) is 31.0 Å². The first-order valence-corrected chi connectivity index (χ1v) is 14.5. The van der Waals surface area contributed by atoms with Crippen LogP contribution in [0.4, 0.5) is 5.69 Å². The normalized spacial score (nSPS) is 11.2. The maximum Gasteiger partial charge on any atom is 0.264 e. The van der Waals surface area contributed by atoms with E-state index < -0.39 is 10.0 Å². The molecule has 0 aliphatic carbocycles. The molecule has 1 aromatic heterocycles. The van der Waals surface area contributed by atoms with Gasteiger partial charge in [0.2, 0.25) is 0 Å². The number of carbonyl (C=O) groups excluding carboxylic acids is 1. The third-order valence-corrected chi connectivity index (χ3v) is 8.50. The molecule has 0 unspecified atom stereocenters. The van der Waals surface area contributed by atoms with E-state index in [2.05, 4.69) is 10.3 Å². The molecule has 1 N–H and O–H groups in total. The van der Waals surface area contributed by atoms with Crippen molar-refractivity contribution in [3.8, 4) is 11.4 Å². The number of methoxy groups -OCH3 is 1. The number of rotatable bonds is 10. The van der Waals surface area contributed by atoms with E-state index in [-0.39, 0.29) is 35.1 Å². The molecule has 0 saturated carbocycles. The number of ether oxygens (including phenoxy) is 1. The maximum atomic E-state index is 14.0. The zero-order valence-electron chi connectivity index (χ0n) is 22.8. The predicted molar refractivity (Wildman–Crippen MR) is 159 cm³/mol. The topological polar surface area (TPSA) is 93.5 Å². The van der Waals surface area contributed by atoms with Crippen molar-refractivity contribution in [2.24, 2.45) is 0 Å². The fraction of sp³-hybridized carbons (Fsp3) is 0.125. The summed E-state index contributed by atoms with van der Waals surface area (Å²) in [6, 6.07) is 30.1. The van der Waals surface area contributed by atoms with Gasteiger partial charge in [-0.15, -0.1) is 0 Å². The average molecular weight is 567 g/mol. The van der Waals surface area contributed by atoms with Gasteiger partial charge in [-0.1, -0.05) is 54.6 Å². The average Bonchev–Trinajstić information content (AvgIpc) is 3.45. The van der Waals surface area contributed by atoms with Gasteiger partial charge >= 0.3 is 0 Å². The summed E-state index contributed by atoms with van der Waals surface area (Å²) in [6.07, 6.45) is 3.64. The summed E-state index contributed by atoms with van der Waals surface area (Å²) in [4.78, 5) is 17.8. The second-order valence-electron chi connectivity index (χ2n) is 9.38. The van der Waals surface area contributed by atoms with Gasteiger partial charge in [0.25, 0.3) is 15.9 Å². The van der Waals surface area contributed by atoms with Crippen molar-refractivity contribution in [1.29, 1.82) is 0 Å². The highest BCUT2D eigenvalue weighted by Crippen LogP contribution is 2.30. The van der Waals surface area contributed by atoms with Crippen LogP contribution in [0.15, 0.2) is 120 Å². The van der Waals surface area contributed by atoms with Crippen LogP contribution in [0.5, 0.6) is 5.75 Å². The maximum absolute atomic E-state index is 14.0. The van der Waals surface area contributed by atoms with E-state index >= 15 is 0 Å².